The van der Waals surface area contributed by atoms with Gasteiger partial charge in [-0.05, 0) is 31.5 Å². The van der Waals surface area contributed by atoms with Crippen LogP contribution in [-0.2, 0) is 4.74 Å². The van der Waals surface area contributed by atoms with Crippen molar-refractivity contribution in [2.45, 2.75) is 19.4 Å². The molecule has 0 aliphatic carbocycles. The Kier molecular flexibility index (Phi) is 4.36. The number of hydrogen-bond acceptors (Lipinski definition) is 4. The number of hydrogen-bond donors (Lipinski definition) is 1. The molecule has 3 nitrogen and oxygen atoms in total. The molecule has 1 atom stereocenters. The summed E-state index contributed by atoms with van der Waals surface area (Å²) in [6, 6.07) is 6.51. The number of nitrogens with zero attached hydrogens (tertiary/aromatic N) is 1. The zero-order valence-electron chi connectivity index (χ0n) is 9.87. The highest BCUT2D eigenvalue weighted by Gasteiger charge is 2.07. The molecule has 1 unspecified atom stereocenters. The summed E-state index contributed by atoms with van der Waals surface area (Å²) >= 11 is 5.15. The Bertz CT molecular complexity index is 500. The third-order valence-corrected chi connectivity index (χ3v) is 3.92. The van der Waals surface area contributed by atoms with E-state index in [4.69, 9.17) is 4.74 Å². The second-order valence-corrected chi connectivity index (χ2v) is 5.90. The van der Waals surface area contributed by atoms with Gasteiger partial charge < -0.3 is 10.1 Å². The smallest absolute Gasteiger partial charge is 0.184 e. The summed E-state index contributed by atoms with van der Waals surface area (Å²) in [5, 5.41) is 4.37. The van der Waals surface area contributed by atoms with E-state index in [1.54, 1.807) is 18.4 Å². The van der Waals surface area contributed by atoms with Crippen molar-refractivity contribution in [3.05, 3.63) is 22.7 Å². The fraction of sp³-hybridized carbons (Fsp3) is 0.417. The predicted molar refractivity (Wildman–Crippen MR) is 76.9 cm³/mol. The molecular formula is C12H15BrN2OS. The minimum Gasteiger partial charge on any atom is -0.385 e. The quantitative estimate of drug-likeness (QED) is 0.909. The van der Waals surface area contributed by atoms with Gasteiger partial charge >= 0.3 is 0 Å². The summed E-state index contributed by atoms with van der Waals surface area (Å²) < 4.78 is 7.35. The molecule has 0 bridgehead atoms. The maximum atomic E-state index is 5.06. The normalized spacial score (nSPS) is 12.9. The van der Waals surface area contributed by atoms with Crippen molar-refractivity contribution in [2.24, 2.45) is 0 Å². The van der Waals surface area contributed by atoms with Gasteiger partial charge in [-0.1, -0.05) is 27.3 Å². The Hall–Kier alpha value is -0.650. The first-order chi connectivity index (χ1) is 8.19. The molecule has 17 heavy (non-hydrogen) atoms. The van der Waals surface area contributed by atoms with Gasteiger partial charge in [-0.25, -0.2) is 4.98 Å². The fourth-order valence-corrected chi connectivity index (χ4v) is 3.07. The summed E-state index contributed by atoms with van der Waals surface area (Å²) in [5.74, 6) is 0. The van der Waals surface area contributed by atoms with Gasteiger partial charge in [-0.15, -0.1) is 0 Å². The Morgan fingerprint density at radius 3 is 3.12 bits per heavy atom. The molecular weight excluding hydrogens is 300 g/mol. The summed E-state index contributed by atoms with van der Waals surface area (Å²) in [6.45, 7) is 2.91. The molecule has 5 heteroatoms. The molecule has 0 aliphatic rings. The minimum absolute atomic E-state index is 0.374. The molecule has 0 amide bonds. The van der Waals surface area contributed by atoms with Crippen LogP contribution in [0.5, 0.6) is 0 Å². The van der Waals surface area contributed by atoms with Gasteiger partial charge in [0.2, 0.25) is 0 Å². The number of ether oxygens (including phenoxy) is 1. The lowest BCUT2D eigenvalue weighted by molar-refractivity contribution is 0.191. The van der Waals surface area contributed by atoms with Gasteiger partial charge in [0, 0.05) is 24.2 Å². The molecule has 2 rings (SSSR count). The molecule has 0 saturated carbocycles. The van der Waals surface area contributed by atoms with Gasteiger partial charge in [0.1, 0.15) is 0 Å². The van der Waals surface area contributed by atoms with Crippen LogP contribution in [0.4, 0.5) is 5.13 Å². The molecule has 0 spiro atoms. The van der Waals surface area contributed by atoms with Crippen LogP contribution in [-0.4, -0.2) is 24.7 Å². The van der Waals surface area contributed by atoms with Gasteiger partial charge in [-0.2, -0.15) is 0 Å². The van der Waals surface area contributed by atoms with Crippen LogP contribution in [0.1, 0.15) is 13.3 Å². The Morgan fingerprint density at radius 2 is 2.35 bits per heavy atom. The van der Waals surface area contributed by atoms with E-state index in [0.29, 0.717) is 6.04 Å². The lowest BCUT2D eigenvalue weighted by Gasteiger charge is -2.11. The third kappa shape index (κ3) is 3.40. The minimum atomic E-state index is 0.374. The molecule has 1 N–H and O–H groups in total. The van der Waals surface area contributed by atoms with Crippen LogP contribution in [0.25, 0.3) is 10.2 Å². The number of halogens is 1. The van der Waals surface area contributed by atoms with E-state index >= 15 is 0 Å². The fourth-order valence-electron chi connectivity index (χ4n) is 1.54. The number of thiazole rings is 1. The van der Waals surface area contributed by atoms with Crippen molar-refractivity contribution in [3.8, 4) is 0 Å². The summed E-state index contributed by atoms with van der Waals surface area (Å²) in [6.07, 6.45) is 0.982. The topological polar surface area (TPSA) is 34.1 Å². The number of anilines is 1. The number of nitrogens with one attached hydrogen (secondary N) is 1. The number of benzene rings is 1. The maximum Gasteiger partial charge on any atom is 0.184 e. The van der Waals surface area contributed by atoms with E-state index < -0.39 is 0 Å². The van der Waals surface area contributed by atoms with Crippen LogP contribution in [0.15, 0.2) is 22.7 Å². The molecule has 92 valence electrons. The van der Waals surface area contributed by atoms with E-state index in [2.05, 4.69) is 39.2 Å². The van der Waals surface area contributed by atoms with Crippen LogP contribution in [0.3, 0.4) is 0 Å². The summed E-state index contributed by atoms with van der Waals surface area (Å²) in [4.78, 5) is 4.55. The molecule has 0 saturated heterocycles. The zero-order valence-corrected chi connectivity index (χ0v) is 12.3. The van der Waals surface area contributed by atoms with Crippen LogP contribution >= 0.6 is 27.3 Å². The van der Waals surface area contributed by atoms with E-state index in [1.807, 2.05) is 12.1 Å². The van der Waals surface area contributed by atoms with Gasteiger partial charge in [0.05, 0.1) is 10.2 Å². The average Bonchev–Trinajstić information content (AvgIpc) is 2.67. The molecule has 0 aliphatic heterocycles. The number of aromatic nitrogens is 1. The Morgan fingerprint density at radius 1 is 1.53 bits per heavy atom. The van der Waals surface area contributed by atoms with Crippen molar-refractivity contribution in [1.29, 1.82) is 0 Å². The zero-order chi connectivity index (χ0) is 12.3. The number of fused-ring (bicyclic) bond motifs is 1. The first-order valence-corrected chi connectivity index (χ1v) is 7.11. The summed E-state index contributed by atoms with van der Waals surface area (Å²) in [5.41, 5.74) is 1.04. The van der Waals surface area contributed by atoms with Crippen LogP contribution in [0, 0.1) is 0 Å². The molecule has 2 aromatic rings. The average molecular weight is 315 g/mol. The Labute approximate surface area is 113 Å². The van der Waals surface area contributed by atoms with Crippen molar-refractivity contribution in [2.75, 3.05) is 19.0 Å². The lowest BCUT2D eigenvalue weighted by atomic mass is 10.2. The van der Waals surface area contributed by atoms with Crippen molar-refractivity contribution in [3.63, 3.8) is 0 Å². The largest absolute Gasteiger partial charge is 0.385 e. The highest BCUT2D eigenvalue weighted by molar-refractivity contribution is 9.10. The first-order valence-electron chi connectivity index (χ1n) is 5.50. The molecule has 0 fully saturated rings. The van der Waals surface area contributed by atoms with Gasteiger partial charge in [0.15, 0.2) is 5.13 Å². The molecule has 1 aromatic carbocycles. The monoisotopic (exact) mass is 314 g/mol. The molecule has 0 radical (unpaired) electrons. The SMILES string of the molecule is COCCC(C)Nc1nc2ccc(Br)cc2s1. The van der Waals surface area contributed by atoms with E-state index in [0.717, 1.165) is 28.1 Å². The standard InChI is InChI=1S/C12H15BrN2OS/c1-8(5-6-16-2)14-12-15-10-4-3-9(13)7-11(10)17-12/h3-4,7-8H,5-6H2,1-2H3,(H,14,15). The highest BCUT2D eigenvalue weighted by atomic mass is 79.9. The van der Waals surface area contributed by atoms with E-state index in [-0.39, 0.29) is 0 Å². The number of rotatable bonds is 5. The van der Waals surface area contributed by atoms with Crippen LogP contribution in [0.2, 0.25) is 0 Å². The van der Waals surface area contributed by atoms with E-state index in [9.17, 15) is 0 Å². The second-order valence-electron chi connectivity index (χ2n) is 3.96. The molecule has 1 aromatic heterocycles. The van der Waals surface area contributed by atoms with Gasteiger partial charge in [-0.3, -0.25) is 0 Å². The van der Waals surface area contributed by atoms with Gasteiger partial charge in [0.25, 0.3) is 0 Å². The predicted octanol–water partition coefficient (Wildman–Crippen LogP) is 3.90. The van der Waals surface area contributed by atoms with Crippen molar-refractivity contribution < 1.29 is 4.74 Å². The second kappa shape index (κ2) is 5.80. The third-order valence-electron chi connectivity index (χ3n) is 2.48. The maximum absolute atomic E-state index is 5.06. The highest BCUT2D eigenvalue weighted by Crippen LogP contribution is 2.28. The van der Waals surface area contributed by atoms with Crippen molar-refractivity contribution in [1.82, 2.24) is 4.98 Å². The van der Waals surface area contributed by atoms with Crippen LogP contribution < -0.4 is 5.32 Å². The van der Waals surface area contributed by atoms with Crippen molar-refractivity contribution >= 4 is 42.6 Å². The molecule has 1 heterocycles. The first kappa shape index (κ1) is 12.8. The lowest BCUT2D eigenvalue weighted by Crippen LogP contribution is -2.16. The number of methoxy groups -OCH3 is 1. The van der Waals surface area contributed by atoms with E-state index in [1.165, 1.54) is 4.70 Å². The summed E-state index contributed by atoms with van der Waals surface area (Å²) in [7, 11) is 1.72. The Balaban J connectivity index is 2.08.